The minimum atomic E-state index is -1.02. The summed E-state index contributed by atoms with van der Waals surface area (Å²) in [5.74, 6) is 0.421. The molecule has 2 aromatic carbocycles. The number of aliphatic hydroxyl groups is 3. The zero-order chi connectivity index (χ0) is 66.3. The molecule has 1 aliphatic rings. The van der Waals surface area contributed by atoms with Crippen molar-refractivity contribution in [1.82, 2.24) is 49.5 Å². The van der Waals surface area contributed by atoms with Gasteiger partial charge in [-0.2, -0.15) is 10.2 Å². The van der Waals surface area contributed by atoms with E-state index in [0.29, 0.717) is 77.5 Å². The van der Waals surface area contributed by atoms with Crippen molar-refractivity contribution < 1.29 is 42.9 Å². The molecule has 8 aromatic heterocycles. The Bertz CT molecular complexity index is 4200. The molecule has 1 fully saturated rings. The molecule has 0 bridgehead atoms. The second-order valence-electron chi connectivity index (χ2n) is 23.3. The maximum atomic E-state index is 15.2. The highest BCUT2D eigenvalue weighted by Crippen LogP contribution is 2.36. The van der Waals surface area contributed by atoms with Crippen molar-refractivity contribution >= 4 is 91.1 Å². The molecule has 472 valence electrons. The number of carbonyl (C=O) groups is 1. The Labute approximate surface area is 526 Å². The maximum Gasteiger partial charge on any atom is 0.513 e. The highest BCUT2D eigenvalue weighted by atomic mass is 79.9. The van der Waals surface area contributed by atoms with Gasteiger partial charge in [0.15, 0.2) is 0 Å². The smallest absolute Gasteiger partial charge is 0.465 e. The molecule has 90 heavy (non-hydrogen) atoms. The van der Waals surface area contributed by atoms with E-state index >= 15 is 4.39 Å². The van der Waals surface area contributed by atoms with E-state index in [0.717, 1.165) is 11.2 Å². The highest BCUT2D eigenvalue weighted by molar-refractivity contribution is 9.10. The first-order valence-corrected chi connectivity index (χ1v) is 28.7. The number of aromatic amines is 2. The summed E-state index contributed by atoms with van der Waals surface area (Å²) >= 11 is 3.16. The predicted octanol–water partition coefficient (Wildman–Crippen LogP) is 9.29. The minimum absolute atomic E-state index is 0.198. The van der Waals surface area contributed by atoms with Crippen molar-refractivity contribution in [2.24, 2.45) is 14.1 Å². The number of nitrogen functional groups attached to an aromatic ring is 2. The van der Waals surface area contributed by atoms with Crippen LogP contribution in [0.2, 0.25) is 0 Å². The van der Waals surface area contributed by atoms with E-state index in [1.54, 1.807) is 153 Å². The Hall–Kier alpha value is -9.25. The number of aromatic nitrogens is 10. The molecule has 0 radical (unpaired) electrons. The number of nitrogens with zero attached hydrogens (tertiary/aromatic N) is 8. The number of nitrogens with one attached hydrogen (secondary N) is 4. The van der Waals surface area contributed by atoms with Crippen molar-refractivity contribution in [2.75, 3.05) is 29.2 Å². The third-order valence-corrected chi connectivity index (χ3v) is 15.2. The van der Waals surface area contributed by atoms with Gasteiger partial charge in [-0.3, -0.25) is 19.8 Å². The van der Waals surface area contributed by atoms with Crippen LogP contribution in [0.1, 0.15) is 96.3 Å². The number of nitrogens with two attached hydrogens (primary N) is 2. The lowest BCUT2D eigenvalue weighted by Crippen LogP contribution is -2.41. The maximum absolute atomic E-state index is 15.2. The second kappa shape index (κ2) is 27.6. The van der Waals surface area contributed by atoms with Gasteiger partial charge in [-0.25, -0.2) is 33.5 Å². The first kappa shape index (κ1) is 68.2. The lowest BCUT2D eigenvalue weighted by Gasteiger charge is -2.32. The molecule has 0 amide bonds. The fourth-order valence-electron chi connectivity index (χ4n) is 8.50. The fraction of sp³-hybridized carbons (Fsp3) is 0.286. The van der Waals surface area contributed by atoms with Gasteiger partial charge in [-0.1, -0.05) is 18.2 Å². The molecule has 1 aliphatic heterocycles. The molecule has 0 unspecified atom stereocenters. The number of pyridine rings is 6. The Morgan fingerprint density at radius 3 is 1.47 bits per heavy atom. The summed E-state index contributed by atoms with van der Waals surface area (Å²) in [6.07, 6.45) is 9.27. The minimum Gasteiger partial charge on any atom is -0.465 e. The van der Waals surface area contributed by atoms with Crippen LogP contribution in [0.5, 0.6) is 0 Å². The van der Waals surface area contributed by atoms with Gasteiger partial charge in [-0.05, 0) is 164 Å². The molecule has 23 nitrogen and oxygen atoms in total. The van der Waals surface area contributed by atoms with Gasteiger partial charge in [0.25, 0.3) is 11.1 Å². The Balaban J connectivity index is 0.000000170. The van der Waals surface area contributed by atoms with E-state index in [9.17, 15) is 34.1 Å². The van der Waals surface area contributed by atoms with Crippen LogP contribution in [0, 0.1) is 11.6 Å². The van der Waals surface area contributed by atoms with Gasteiger partial charge < -0.3 is 60.6 Å². The number of fused-ring (bicyclic) bond motifs is 2. The van der Waals surface area contributed by atoms with E-state index in [4.69, 9.17) is 20.8 Å². The first-order valence-electron chi connectivity index (χ1n) is 27.9. The molecular formula is C63H72BBrF2N14O9. The van der Waals surface area contributed by atoms with Gasteiger partial charge in [0.05, 0.1) is 67.5 Å². The highest BCUT2D eigenvalue weighted by Gasteiger charge is 2.52. The number of anilines is 6. The summed E-state index contributed by atoms with van der Waals surface area (Å²) in [6.45, 7) is 18.2. The number of H-pyrrole nitrogens is 2. The zero-order valence-corrected chi connectivity index (χ0v) is 53.5. The van der Waals surface area contributed by atoms with Crippen LogP contribution in [0.25, 0.3) is 33.1 Å². The van der Waals surface area contributed by atoms with Gasteiger partial charge in [0.1, 0.15) is 46.3 Å². The summed E-state index contributed by atoms with van der Waals surface area (Å²) in [5.41, 5.74) is 12.3. The third kappa shape index (κ3) is 16.5. The normalized spacial score (nSPS) is 13.3. The zero-order valence-electron chi connectivity index (χ0n) is 51.9. The predicted molar refractivity (Wildman–Crippen MR) is 347 cm³/mol. The molecule has 0 saturated carbocycles. The lowest BCUT2D eigenvalue weighted by molar-refractivity contribution is 0.00578. The Kier molecular flexibility index (Phi) is 21.0. The molecule has 0 atom stereocenters. The van der Waals surface area contributed by atoms with Crippen molar-refractivity contribution in [3.8, 4) is 11.3 Å². The number of methoxy groups -OCH3 is 1. The number of benzene rings is 2. The number of halogens is 3. The van der Waals surface area contributed by atoms with E-state index in [2.05, 4.69) is 71.6 Å². The Morgan fingerprint density at radius 2 is 1.07 bits per heavy atom. The van der Waals surface area contributed by atoms with E-state index in [1.165, 1.54) is 47.0 Å². The van der Waals surface area contributed by atoms with Gasteiger partial charge >= 0.3 is 13.1 Å². The van der Waals surface area contributed by atoms with E-state index in [1.807, 2.05) is 33.8 Å². The van der Waals surface area contributed by atoms with Crippen molar-refractivity contribution in [3.05, 3.63) is 193 Å². The number of rotatable bonds is 10. The molecule has 0 spiro atoms. The standard InChI is InChI=1S/C21H20FN5O2.C18H17BrFN3O2.C9H15BN2O2.C8H12N2O.C7H8N2O2/c1-21(2,29)12-4-7-18(23-11-12)25-16-10-14-17(27(3)20(16)28)6-5-13(19(14)22)15-8-9-24-26-15;1-18(2,25)10-4-7-15(21-9-10)22-13-8-11-14(23(3)17(13)24)6-5-12(19)16(11)20;1-8(2)9(3,4)14-10(13-8)7-5-6-11-12-7;1-8(2,11)6-3-4-7(9)10-5-6;1-11-7(10)5-2-3-6(8)9-4-5/h4-11,29H,1-3H3,(H,23,25)(H,24,26);4-9,25H,1-3H3,(H,21,22);5-6H,1-4H3,(H,11,12);3-5,11H,1-2H3,(H2,9,10);2-4H,1H3,(H2,8,9). The number of aryl methyl sites for hydroxylation is 2. The largest absolute Gasteiger partial charge is 0.513 e. The van der Waals surface area contributed by atoms with Gasteiger partial charge in [-0.15, -0.1) is 0 Å². The molecule has 11 N–H and O–H groups in total. The average molecular weight is 1300 g/mol. The van der Waals surface area contributed by atoms with Crippen molar-refractivity contribution in [2.45, 2.75) is 97.2 Å². The Morgan fingerprint density at radius 1 is 0.622 bits per heavy atom. The quantitative estimate of drug-likeness (QED) is 0.0455. The molecule has 9 heterocycles. The van der Waals surface area contributed by atoms with E-state index in [-0.39, 0.29) is 40.8 Å². The molecule has 0 aliphatic carbocycles. The second-order valence-corrected chi connectivity index (χ2v) is 24.1. The van der Waals surface area contributed by atoms with Crippen LogP contribution >= 0.6 is 15.9 Å². The number of carbonyl (C=O) groups excluding carboxylic acids is 1. The third-order valence-electron chi connectivity index (χ3n) is 14.6. The first-order chi connectivity index (χ1) is 42.1. The number of hydrogen-bond acceptors (Lipinski definition) is 19. The monoisotopic (exact) mass is 1300 g/mol. The van der Waals surface area contributed by atoms with Crippen molar-refractivity contribution in [1.29, 1.82) is 0 Å². The molecular weight excluding hydrogens is 1230 g/mol. The van der Waals surface area contributed by atoms with Gasteiger partial charge in [0.2, 0.25) is 0 Å². The summed E-state index contributed by atoms with van der Waals surface area (Å²) in [7, 11) is 4.17. The summed E-state index contributed by atoms with van der Waals surface area (Å²) in [5, 5.41) is 49.4. The molecule has 10 aromatic rings. The van der Waals surface area contributed by atoms with Crippen LogP contribution in [0.4, 0.5) is 43.4 Å². The molecule has 11 rings (SSSR count). The van der Waals surface area contributed by atoms with E-state index < -0.39 is 34.4 Å². The average Bonchev–Trinajstić information content (AvgIpc) is 1.07. The molecule has 27 heteroatoms. The topological polar surface area (TPSA) is 334 Å². The summed E-state index contributed by atoms with van der Waals surface area (Å²) < 4.78 is 48.8. The number of esters is 1. The number of hydrogen-bond donors (Lipinski definition) is 9. The summed E-state index contributed by atoms with van der Waals surface area (Å²) in [6, 6.07) is 26.4. The van der Waals surface area contributed by atoms with Crippen LogP contribution in [-0.2, 0) is 44.9 Å². The van der Waals surface area contributed by atoms with Crippen molar-refractivity contribution in [3.63, 3.8) is 0 Å². The van der Waals surface area contributed by atoms with Crippen LogP contribution in [0.3, 0.4) is 0 Å². The van der Waals surface area contributed by atoms with Crippen LogP contribution in [-0.4, -0.2) is 96.2 Å². The summed E-state index contributed by atoms with van der Waals surface area (Å²) in [4.78, 5) is 52.1. The fourth-order valence-corrected chi connectivity index (χ4v) is 8.84. The van der Waals surface area contributed by atoms with Crippen LogP contribution < -0.4 is 38.8 Å². The number of ether oxygens (including phenoxy) is 1. The van der Waals surface area contributed by atoms with Crippen LogP contribution in [0.15, 0.2) is 148 Å². The molecule has 1 saturated heterocycles. The van der Waals surface area contributed by atoms with Gasteiger partial charge in [0, 0.05) is 84.3 Å². The SMILES string of the molecule is CC(C)(O)c1ccc(N)nc1.CC1(C)OB(c2ccn[nH]2)OC1(C)C.COC(=O)c1ccc(N)nc1.Cn1c(=O)c(Nc2ccc(C(C)(C)O)cn2)cc2c(F)c(-c3ccn[nH]3)ccc21.Cn1c(=O)c(Nc2ccc(C(C)(C)O)cn2)cc2c(F)c(Br)ccc21. The lowest BCUT2D eigenvalue weighted by atomic mass is 9.85.